The zero-order chi connectivity index (χ0) is 5.98. The lowest BCUT2D eigenvalue weighted by Crippen LogP contribution is -2.31. The standard InChI is InChI=1S/C3H6N4O/c4-3(5)7-2-1-6-8-7/h1-2,6H,(H3,4,5). The molecule has 0 aromatic heterocycles. The van der Waals surface area contributed by atoms with Crippen LogP contribution in [0.5, 0.6) is 0 Å². The van der Waals surface area contributed by atoms with Crippen molar-refractivity contribution in [1.82, 2.24) is 10.5 Å². The summed E-state index contributed by atoms with van der Waals surface area (Å²) in [6, 6.07) is 0. The Labute approximate surface area is 46.1 Å². The Bertz CT molecular complexity index is 131. The van der Waals surface area contributed by atoms with Crippen LogP contribution in [0.3, 0.4) is 0 Å². The van der Waals surface area contributed by atoms with E-state index in [0.29, 0.717) is 0 Å². The second-order valence-corrected chi connectivity index (χ2v) is 1.24. The van der Waals surface area contributed by atoms with Crippen molar-refractivity contribution in [2.24, 2.45) is 5.73 Å². The molecule has 0 fully saturated rings. The minimum absolute atomic E-state index is 0.147. The summed E-state index contributed by atoms with van der Waals surface area (Å²) in [5.41, 5.74) is 7.37. The average Bonchev–Trinajstić information content (AvgIpc) is 2.12. The molecule has 1 rings (SSSR count). The summed E-state index contributed by atoms with van der Waals surface area (Å²) in [5.74, 6) is -0.147. The minimum atomic E-state index is -0.147. The number of hydrogen-bond acceptors (Lipinski definition) is 3. The molecule has 8 heavy (non-hydrogen) atoms. The zero-order valence-corrected chi connectivity index (χ0v) is 4.09. The summed E-state index contributed by atoms with van der Waals surface area (Å²) in [4.78, 5) is 4.54. The number of hydroxylamine groups is 3. The van der Waals surface area contributed by atoms with E-state index in [-0.39, 0.29) is 5.96 Å². The zero-order valence-electron chi connectivity index (χ0n) is 4.09. The van der Waals surface area contributed by atoms with E-state index >= 15 is 0 Å². The van der Waals surface area contributed by atoms with Crippen LogP contribution in [-0.4, -0.2) is 11.0 Å². The molecule has 0 radical (unpaired) electrons. The van der Waals surface area contributed by atoms with Gasteiger partial charge < -0.3 is 5.73 Å². The molecule has 5 nitrogen and oxygen atoms in total. The van der Waals surface area contributed by atoms with E-state index < -0.39 is 0 Å². The Morgan fingerprint density at radius 2 is 2.62 bits per heavy atom. The summed E-state index contributed by atoms with van der Waals surface area (Å²) in [6.45, 7) is 0. The van der Waals surface area contributed by atoms with E-state index in [4.69, 9.17) is 11.1 Å². The molecule has 0 spiro atoms. The van der Waals surface area contributed by atoms with E-state index in [0.717, 1.165) is 5.06 Å². The Balaban J connectivity index is 2.48. The highest BCUT2D eigenvalue weighted by Gasteiger charge is 2.05. The van der Waals surface area contributed by atoms with Gasteiger partial charge >= 0.3 is 0 Å². The van der Waals surface area contributed by atoms with Gasteiger partial charge in [0.25, 0.3) is 0 Å². The molecule has 0 bridgehead atoms. The Morgan fingerprint density at radius 3 is 2.88 bits per heavy atom. The van der Waals surface area contributed by atoms with Crippen molar-refractivity contribution < 1.29 is 4.94 Å². The van der Waals surface area contributed by atoms with Gasteiger partial charge in [-0.15, -0.1) is 4.94 Å². The van der Waals surface area contributed by atoms with Gasteiger partial charge in [-0.1, -0.05) is 0 Å². The molecular formula is C3H6N4O. The van der Waals surface area contributed by atoms with Gasteiger partial charge in [0.05, 0.1) is 6.20 Å². The molecule has 0 atom stereocenters. The average molecular weight is 114 g/mol. The van der Waals surface area contributed by atoms with Gasteiger partial charge in [0.1, 0.15) is 0 Å². The quantitative estimate of drug-likeness (QED) is 0.282. The molecule has 0 aromatic carbocycles. The molecule has 1 aliphatic heterocycles. The summed E-state index contributed by atoms with van der Waals surface area (Å²) < 4.78 is 0. The number of hydrogen-bond donors (Lipinski definition) is 3. The van der Waals surface area contributed by atoms with E-state index in [1.165, 1.54) is 12.4 Å². The molecule has 0 aromatic rings. The van der Waals surface area contributed by atoms with Crippen molar-refractivity contribution in [2.45, 2.75) is 0 Å². The van der Waals surface area contributed by atoms with E-state index in [1.54, 1.807) is 0 Å². The second kappa shape index (κ2) is 1.71. The van der Waals surface area contributed by atoms with Crippen LogP contribution in [0.4, 0.5) is 0 Å². The molecule has 1 heterocycles. The van der Waals surface area contributed by atoms with Crippen LogP contribution in [0.25, 0.3) is 0 Å². The van der Waals surface area contributed by atoms with Crippen molar-refractivity contribution in [3.8, 4) is 0 Å². The lowest BCUT2D eigenvalue weighted by atomic mass is 10.8. The minimum Gasteiger partial charge on any atom is -0.368 e. The van der Waals surface area contributed by atoms with Crippen molar-refractivity contribution in [3.63, 3.8) is 0 Å². The molecular weight excluding hydrogens is 108 g/mol. The third kappa shape index (κ3) is 0.710. The van der Waals surface area contributed by atoms with Crippen LogP contribution < -0.4 is 11.2 Å². The normalized spacial score (nSPS) is 16.2. The molecule has 0 unspecified atom stereocenters. The summed E-state index contributed by atoms with van der Waals surface area (Å²) in [5, 5.41) is 7.88. The SMILES string of the molecule is N=C(N)N1C=CNO1. The van der Waals surface area contributed by atoms with Crippen LogP contribution in [0, 0.1) is 5.41 Å². The first-order chi connectivity index (χ1) is 3.80. The van der Waals surface area contributed by atoms with Crippen molar-refractivity contribution >= 4 is 5.96 Å². The number of nitrogens with one attached hydrogen (secondary N) is 2. The predicted octanol–water partition coefficient (Wildman–Crippen LogP) is -0.897. The van der Waals surface area contributed by atoms with Gasteiger partial charge in [0.2, 0.25) is 5.96 Å². The second-order valence-electron chi connectivity index (χ2n) is 1.24. The van der Waals surface area contributed by atoms with Crippen LogP contribution in [0.2, 0.25) is 0 Å². The van der Waals surface area contributed by atoms with Crippen LogP contribution in [0.15, 0.2) is 12.4 Å². The summed E-state index contributed by atoms with van der Waals surface area (Å²) in [7, 11) is 0. The molecule has 44 valence electrons. The fourth-order valence-corrected chi connectivity index (χ4v) is 0.345. The number of rotatable bonds is 0. The highest BCUT2D eigenvalue weighted by molar-refractivity contribution is 5.74. The van der Waals surface area contributed by atoms with E-state index in [9.17, 15) is 0 Å². The summed E-state index contributed by atoms with van der Waals surface area (Å²) in [6.07, 6.45) is 3.03. The fraction of sp³-hybridized carbons (Fsp3) is 0. The van der Waals surface area contributed by atoms with Crippen molar-refractivity contribution in [2.75, 3.05) is 0 Å². The van der Waals surface area contributed by atoms with Gasteiger partial charge in [-0.3, -0.25) is 5.41 Å². The largest absolute Gasteiger partial charge is 0.368 e. The van der Waals surface area contributed by atoms with Crippen molar-refractivity contribution in [1.29, 1.82) is 5.41 Å². The molecule has 1 aliphatic rings. The smallest absolute Gasteiger partial charge is 0.219 e. The van der Waals surface area contributed by atoms with Gasteiger partial charge in [-0.05, 0) is 0 Å². The van der Waals surface area contributed by atoms with Crippen molar-refractivity contribution in [3.05, 3.63) is 12.4 Å². The predicted molar refractivity (Wildman–Crippen MR) is 27.1 cm³/mol. The Morgan fingerprint density at radius 1 is 1.88 bits per heavy atom. The maximum absolute atomic E-state index is 6.78. The summed E-state index contributed by atoms with van der Waals surface area (Å²) >= 11 is 0. The number of nitrogens with zero attached hydrogens (tertiary/aromatic N) is 1. The first-order valence-electron chi connectivity index (χ1n) is 2.03. The third-order valence-electron chi connectivity index (χ3n) is 0.666. The van der Waals surface area contributed by atoms with Gasteiger partial charge in [0.15, 0.2) is 0 Å². The molecule has 0 aliphatic carbocycles. The Kier molecular flexibility index (Phi) is 1.05. The number of guanidine groups is 1. The van der Waals surface area contributed by atoms with E-state index in [1.807, 2.05) is 0 Å². The third-order valence-corrected chi connectivity index (χ3v) is 0.666. The highest BCUT2D eigenvalue weighted by Crippen LogP contribution is 1.92. The maximum Gasteiger partial charge on any atom is 0.219 e. The van der Waals surface area contributed by atoms with Crippen LogP contribution >= 0.6 is 0 Å². The molecule has 5 heteroatoms. The van der Waals surface area contributed by atoms with Gasteiger partial charge in [-0.2, -0.15) is 5.06 Å². The highest BCUT2D eigenvalue weighted by atomic mass is 16.8. The topological polar surface area (TPSA) is 74.4 Å². The Hall–Kier alpha value is -1.23. The lowest BCUT2D eigenvalue weighted by molar-refractivity contribution is -0.0893. The fourth-order valence-electron chi connectivity index (χ4n) is 0.345. The molecule has 0 saturated carbocycles. The molecule has 0 saturated heterocycles. The lowest BCUT2D eigenvalue weighted by Gasteiger charge is -2.07. The van der Waals surface area contributed by atoms with Crippen LogP contribution in [-0.2, 0) is 4.94 Å². The maximum atomic E-state index is 6.78. The van der Waals surface area contributed by atoms with Gasteiger partial charge in [0, 0.05) is 6.20 Å². The number of nitrogens with two attached hydrogens (primary N) is 1. The van der Waals surface area contributed by atoms with E-state index in [2.05, 4.69) is 10.4 Å². The monoisotopic (exact) mass is 114 g/mol. The first-order valence-corrected chi connectivity index (χ1v) is 2.03. The molecule has 0 amide bonds. The van der Waals surface area contributed by atoms with Crippen LogP contribution in [0.1, 0.15) is 0 Å². The first kappa shape index (κ1) is 4.92. The molecule has 4 N–H and O–H groups in total. The van der Waals surface area contributed by atoms with Gasteiger partial charge in [-0.25, -0.2) is 5.48 Å².